The highest BCUT2D eigenvalue weighted by molar-refractivity contribution is 5.49. The number of hydrogen-bond donors (Lipinski definition) is 1. The van der Waals surface area contributed by atoms with Crippen LogP contribution in [0, 0.1) is 0 Å². The molecule has 2 aromatic rings. The molecule has 6 nitrogen and oxygen atoms in total. The fourth-order valence-electron chi connectivity index (χ4n) is 1.55. The van der Waals surface area contributed by atoms with Crippen LogP contribution in [0.2, 0.25) is 0 Å². The van der Waals surface area contributed by atoms with Gasteiger partial charge in [-0.15, -0.1) is 5.10 Å². The Kier molecular flexibility index (Phi) is 2.00. The normalized spacial score (nSPS) is 13.1. The van der Waals surface area contributed by atoms with E-state index in [0.29, 0.717) is 6.54 Å². The molecule has 0 aliphatic carbocycles. The fraction of sp³-hybridized carbons (Fsp3) is 0.200. The van der Waals surface area contributed by atoms with Gasteiger partial charge >= 0.3 is 0 Å². The average molecular weight is 218 g/mol. The quantitative estimate of drug-likeness (QED) is 0.792. The number of fused-ring (bicyclic) bond motifs is 1. The number of nitrogens with zero attached hydrogens (tertiary/aromatic N) is 3. The molecule has 0 saturated heterocycles. The first-order valence-electron chi connectivity index (χ1n) is 4.88. The topological polar surface area (TPSA) is 75.2 Å². The largest absolute Gasteiger partial charge is 0.454 e. The van der Waals surface area contributed by atoms with Crippen molar-refractivity contribution in [2.45, 2.75) is 6.54 Å². The van der Waals surface area contributed by atoms with Gasteiger partial charge in [0, 0.05) is 12.6 Å². The molecule has 2 heterocycles. The standard InChI is InChI=1S/C10H10N4O2/c11-4-7-5-14(13-12-7)8-1-2-9-10(3-8)16-6-15-9/h1-3,5H,4,6,11H2. The lowest BCUT2D eigenvalue weighted by Crippen LogP contribution is -1.96. The molecule has 0 unspecified atom stereocenters. The number of ether oxygens (including phenoxy) is 2. The van der Waals surface area contributed by atoms with Gasteiger partial charge in [0.05, 0.1) is 17.6 Å². The van der Waals surface area contributed by atoms with E-state index < -0.39 is 0 Å². The summed E-state index contributed by atoms with van der Waals surface area (Å²) in [5.41, 5.74) is 7.09. The molecule has 1 aromatic heterocycles. The first kappa shape index (κ1) is 9.17. The minimum absolute atomic E-state index is 0.268. The average Bonchev–Trinajstić information content (AvgIpc) is 2.96. The number of benzene rings is 1. The molecule has 0 fully saturated rings. The highest BCUT2D eigenvalue weighted by Gasteiger charge is 2.14. The molecule has 82 valence electrons. The molecule has 16 heavy (non-hydrogen) atoms. The summed E-state index contributed by atoms with van der Waals surface area (Å²) in [6, 6.07) is 5.60. The molecular formula is C10H10N4O2. The van der Waals surface area contributed by atoms with Crippen molar-refractivity contribution in [1.82, 2.24) is 15.0 Å². The summed E-state index contributed by atoms with van der Waals surface area (Å²) in [6.07, 6.45) is 1.79. The van der Waals surface area contributed by atoms with Crippen molar-refractivity contribution in [3.8, 4) is 17.2 Å². The van der Waals surface area contributed by atoms with E-state index in [4.69, 9.17) is 15.2 Å². The van der Waals surface area contributed by atoms with E-state index in [2.05, 4.69) is 10.3 Å². The Labute approximate surface area is 91.6 Å². The van der Waals surface area contributed by atoms with Crippen LogP contribution in [-0.2, 0) is 6.54 Å². The van der Waals surface area contributed by atoms with E-state index in [9.17, 15) is 0 Å². The third kappa shape index (κ3) is 1.40. The van der Waals surface area contributed by atoms with Gasteiger partial charge in [0.1, 0.15) is 0 Å². The Bertz CT molecular complexity index is 523. The van der Waals surface area contributed by atoms with Crippen LogP contribution in [0.5, 0.6) is 11.5 Å². The SMILES string of the molecule is NCc1cn(-c2ccc3c(c2)OCO3)nn1. The molecule has 1 aliphatic heterocycles. The zero-order valence-electron chi connectivity index (χ0n) is 8.46. The van der Waals surface area contributed by atoms with Crippen molar-refractivity contribution in [2.75, 3.05) is 6.79 Å². The Morgan fingerprint density at radius 2 is 2.19 bits per heavy atom. The van der Waals surface area contributed by atoms with Crippen molar-refractivity contribution in [3.05, 3.63) is 30.1 Å². The van der Waals surface area contributed by atoms with Crippen LogP contribution < -0.4 is 15.2 Å². The molecule has 0 spiro atoms. The molecular weight excluding hydrogens is 208 g/mol. The smallest absolute Gasteiger partial charge is 0.231 e. The van der Waals surface area contributed by atoms with E-state index in [0.717, 1.165) is 22.9 Å². The number of hydrogen-bond acceptors (Lipinski definition) is 5. The fourth-order valence-corrected chi connectivity index (χ4v) is 1.55. The first-order chi connectivity index (χ1) is 7.86. The minimum atomic E-state index is 0.268. The molecule has 0 amide bonds. The van der Waals surface area contributed by atoms with Gasteiger partial charge in [-0.2, -0.15) is 0 Å². The van der Waals surface area contributed by atoms with E-state index >= 15 is 0 Å². The van der Waals surface area contributed by atoms with Gasteiger partial charge in [-0.05, 0) is 12.1 Å². The molecule has 6 heteroatoms. The molecule has 0 radical (unpaired) electrons. The predicted molar refractivity (Wildman–Crippen MR) is 55.4 cm³/mol. The zero-order chi connectivity index (χ0) is 11.0. The minimum Gasteiger partial charge on any atom is -0.454 e. The van der Waals surface area contributed by atoms with E-state index in [1.165, 1.54) is 0 Å². The van der Waals surface area contributed by atoms with Gasteiger partial charge in [-0.25, -0.2) is 4.68 Å². The molecule has 3 rings (SSSR count). The maximum atomic E-state index is 5.47. The first-order valence-corrected chi connectivity index (χ1v) is 4.88. The Morgan fingerprint density at radius 3 is 3.00 bits per heavy atom. The Morgan fingerprint density at radius 1 is 1.31 bits per heavy atom. The second-order valence-electron chi connectivity index (χ2n) is 3.40. The summed E-state index contributed by atoms with van der Waals surface area (Å²) in [5.74, 6) is 1.48. The molecule has 1 aromatic carbocycles. The molecule has 1 aliphatic rings. The highest BCUT2D eigenvalue weighted by atomic mass is 16.7. The third-order valence-corrected chi connectivity index (χ3v) is 2.37. The molecule has 0 bridgehead atoms. The molecule has 0 saturated carbocycles. The van der Waals surface area contributed by atoms with Crippen LogP contribution in [0.4, 0.5) is 0 Å². The summed E-state index contributed by atoms with van der Waals surface area (Å²) >= 11 is 0. The second-order valence-corrected chi connectivity index (χ2v) is 3.40. The van der Waals surface area contributed by atoms with E-state index in [1.54, 1.807) is 10.9 Å². The molecule has 0 atom stereocenters. The van der Waals surface area contributed by atoms with Crippen LogP contribution >= 0.6 is 0 Å². The third-order valence-electron chi connectivity index (χ3n) is 2.37. The molecule has 2 N–H and O–H groups in total. The summed E-state index contributed by atoms with van der Waals surface area (Å²) in [6.45, 7) is 0.648. The van der Waals surface area contributed by atoms with Gasteiger partial charge in [-0.1, -0.05) is 5.21 Å². The van der Waals surface area contributed by atoms with Gasteiger partial charge in [-0.3, -0.25) is 0 Å². The van der Waals surface area contributed by atoms with Crippen molar-refractivity contribution in [2.24, 2.45) is 5.73 Å². The van der Waals surface area contributed by atoms with Crippen LogP contribution in [0.25, 0.3) is 5.69 Å². The van der Waals surface area contributed by atoms with Crippen molar-refractivity contribution in [1.29, 1.82) is 0 Å². The van der Waals surface area contributed by atoms with Gasteiger partial charge in [0.15, 0.2) is 11.5 Å². The Balaban J connectivity index is 2.00. The predicted octanol–water partition coefficient (Wildman–Crippen LogP) is 0.455. The zero-order valence-corrected chi connectivity index (χ0v) is 8.46. The number of aromatic nitrogens is 3. The maximum Gasteiger partial charge on any atom is 0.231 e. The van der Waals surface area contributed by atoms with Crippen LogP contribution in [0.3, 0.4) is 0 Å². The Hall–Kier alpha value is -2.08. The summed E-state index contributed by atoms with van der Waals surface area (Å²) in [7, 11) is 0. The van der Waals surface area contributed by atoms with Gasteiger partial charge in [0.2, 0.25) is 6.79 Å². The lowest BCUT2D eigenvalue weighted by atomic mass is 10.3. The van der Waals surface area contributed by atoms with Gasteiger partial charge < -0.3 is 15.2 Å². The van der Waals surface area contributed by atoms with E-state index in [-0.39, 0.29) is 6.79 Å². The summed E-state index contributed by atoms with van der Waals surface area (Å²) in [4.78, 5) is 0. The maximum absolute atomic E-state index is 5.47. The van der Waals surface area contributed by atoms with Crippen molar-refractivity contribution < 1.29 is 9.47 Å². The van der Waals surface area contributed by atoms with Crippen LogP contribution in [0.1, 0.15) is 5.69 Å². The monoisotopic (exact) mass is 218 g/mol. The van der Waals surface area contributed by atoms with Crippen molar-refractivity contribution in [3.63, 3.8) is 0 Å². The lowest BCUT2D eigenvalue weighted by molar-refractivity contribution is 0.174. The second kappa shape index (κ2) is 3.49. The lowest BCUT2D eigenvalue weighted by Gasteiger charge is -2.01. The highest BCUT2D eigenvalue weighted by Crippen LogP contribution is 2.33. The van der Waals surface area contributed by atoms with E-state index in [1.807, 2.05) is 18.2 Å². The van der Waals surface area contributed by atoms with Crippen LogP contribution in [-0.4, -0.2) is 21.8 Å². The number of nitrogens with two attached hydrogens (primary N) is 1. The summed E-state index contributed by atoms with van der Waals surface area (Å²) < 4.78 is 12.2. The number of rotatable bonds is 2. The van der Waals surface area contributed by atoms with Gasteiger partial charge in [0.25, 0.3) is 0 Å². The summed E-state index contributed by atoms with van der Waals surface area (Å²) in [5, 5.41) is 7.89. The van der Waals surface area contributed by atoms with Crippen molar-refractivity contribution >= 4 is 0 Å². The van der Waals surface area contributed by atoms with Crippen LogP contribution in [0.15, 0.2) is 24.4 Å².